The first kappa shape index (κ1) is 23.4. The number of nitrogens with one attached hydrogen (secondary N) is 1. The Labute approximate surface area is 200 Å². The van der Waals surface area contributed by atoms with Crippen LogP contribution in [0, 0.1) is 13.8 Å². The molecule has 3 N–H and O–H groups in total. The van der Waals surface area contributed by atoms with E-state index >= 15 is 0 Å². The van der Waals surface area contributed by atoms with Crippen molar-refractivity contribution < 1.29 is 9.47 Å². The van der Waals surface area contributed by atoms with Crippen LogP contribution in [0.3, 0.4) is 0 Å². The lowest BCUT2D eigenvalue weighted by Gasteiger charge is -2.15. The fourth-order valence-electron chi connectivity index (χ4n) is 4.43. The van der Waals surface area contributed by atoms with Gasteiger partial charge in [0.2, 0.25) is 0 Å². The minimum absolute atomic E-state index is 0.591. The molecule has 0 radical (unpaired) electrons. The second-order valence-electron chi connectivity index (χ2n) is 8.33. The molecular formula is C27H33N5O2. The van der Waals surface area contributed by atoms with Crippen LogP contribution in [0.2, 0.25) is 0 Å². The van der Waals surface area contributed by atoms with Gasteiger partial charge >= 0.3 is 0 Å². The molecule has 2 heterocycles. The number of anilines is 2. The number of ether oxygens (including phenoxy) is 2. The quantitative estimate of drug-likeness (QED) is 0.306. The van der Waals surface area contributed by atoms with Crippen molar-refractivity contribution in [1.29, 1.82) is 0 Å². The standard InChI is InChI=1S/C27H33N5O2/c1-5-34-21-14-15-22(23(17-21)33-4)32-19(3)25-24(26(32)28)18(2)30-31-27(25)29-16-10-9-13-20-11-7-6-8-12-20/h6-8,11-12,14-15,17H,5,9-10,13,16,28H2,1-4H3,(H,29,31). The van der Waals surface area contributed by atoms with Gasteiger partial charge in [0.1, 0.15) is 17.3 Å². The van der Waals surface area contributed by atoms with Gasteiger partial charge in [-0.15, -0.1) is 5.10 Å². The number of benzene rings is 2. The van der Waals surface area contributed by atoms with Gasteiger partial charge in [0.15, 0.2) is 5.82 Å². The second-order valence-corrected chi connectivity index (χ2v) is 8.33. The molecule has 0 saturated heterocycles. The number of unbranched alkanes of at least 4 members (excludes halogenated alkanes) is 1. The molecule has 7 heteroatoms. The van der Waals surface area contributed by atoms with E-state index in [-0.39, 0.29) is 0 Å². The van der Waals surface area contributed by atoms with Crippen molar-refractivity contribution in [3.63, 3.8) is 0 Å². The van der Waals surface area contributed by atoms with Gasteiger partial charge in [0.05, 0.1) is 35.9 Å². The second kappa shape index (κ2) is 10.5. The molecule has 0 unspecified atom stereocenters. The highest BCUT2D eigenvalue weighted by atomic mass is 16.5. The third-order valence-electron chi connectivity index (χ3n) is 6.07. The average Bonchev–Trinajstić information content (AvgIpc) is 3.12. The van der Waals surface area contributed by atoms with Crippen molar-refractivity contribution in [2.75, 3.05) is 31.3 Å². The Morgan fingerprint density at radius 2 is 1.79 bits per heavy atom. The molecular weight excluding hydrogens is 426 g/mol. The van der Waals surface area contributed by atoms with Gasteiger partial charge in [-0.25, -0.2) is 0 Å². The Morgan fingerprint density at radius 3 is 2.53 bits per heavy atom. The molecule has 2 aromatic heterocycles. The molecule has 0 spiro atoms. The Balaban J connectivity index is 1.61. The predicted octanol–water partition coefficient (Wildman–Crippen LogP) is 5.46. The number of hydrogen-bond donors (Lipinski definition) is 2. The van der Waals surface area contributed by atoms with E-state index in [9.17, 15) is 0 Å². The number of methoxy groups -OCH3 is 1. The number of nitrogen functional groups attached to an aromatic ring is 1. The van der Waals surface area contributed by atoms with Gasteiger partial charge in [-0.3, -0.25) is 4.57 Å². The molecule has 2 aromatic carbocycles. The van der Waals surface area contributed by atoms with Gasteiger partial charge in [-0.2, -0.15) is 5.10 Å². The minimum atomic E-state index is 0.591. The number of rotatable bonds is 10. The van der Waals surface area contributed by atoms with Gasteiger partial charge in [0.25, 0.3) is 0 Å². The zero-order chi connectivity index (χ0) is 24.1. The predicted molar refractivity (Wildman–Crippen MR) is 138 cm³/mol. The van der Waals surface area contributed by atoms with Crippen LogP contribution in [-0.2, 0) is 6.42 Å². The fraction of sp³-hybridized carbons (Fsp3) is 0.333. The molecule has 7 nitrogen and oxygen atoms in total. The lowest BCUT2D eigenvalue weighted by molar-refractivity contribution is 0.336. The van der Waals surface area contributed by atoms with E-state index in [0.717, 1.165) is 65.2 Å². The number of nitrogens with two attached hydrogens (primary N) is 1. The number of fused-ring (bicyclic) bond motifs is 1. The zero-order valence-electron chi connectivity index (χ0n) is 20.4. The molecule has 34 heavy (non-hydrogen) atoms. The van der Waals surface area contributed by atoms with Crippen molar-refractivity contribution in [3.8, 4) is 17.2 Å². The highest BCUT2D eigenvalue weighted by Gasteiger charge is 2.22. The number of nitrogens with zero attached hydrogens (tertiary/aromatic N) is 3. The summed E-state index contributed by atoms with van der Waals surface area (Å²) < 4.78 is 13.3. The molecule has 0 atom stereocenters. The highest BCUT2D eigenvalue weighted by Crippen LogP contribution is 2.39. The SMILES string of the molecule is CCOc1ccc(-n2c(C)c3c(NCCCCc4ccccc4)nnc(C)c3c2N)c(OC)c1. The van der Waals surface area contributed by atoms with E-state index in [1.807, 2.05) is 36.6 Å². The van der Waals surface area contributed by atoms with Crippen molar-refractivity contribution in [3.05, 3.63) is 65.5 Å². The summed E-state index contributed by atoms with van der Waals surface area (Å²) >= 11 is 0. The summed E-state index contributed by atoms with van der Waals surface area (Å²) in [4.78, 5) is 0. The summed E-state index contributed by atoms with van der Waals surface area (Å²) in [6, 6.07) is 16.4. The molecule has 178 valence electrons. The Bertz CT molecular complexity index is 1270. The molecule has 0 bridgehead atoms. The van der Waals surface area contributed by atoms with Crippen molar-refractivity contribution >= 4 is 22.4 Å². The molecule has 4 aromatic rings. The van der Waals surface area contributed by atoms with Crippen molar-refractivity contribution in [1.82, 2.24) is 14.8 Å². The van der Waals surface area contributed by atoms with Gasteiger partial charge < -0.3 is 20.5 Å². The maximum absolute atomic E-state index is 6.68. The summed E-state index contributed by atoms with van der Waals surface area (Å²) in [7, 11) is 1.65. The van der Waals surface area contributed by atoms with E-state index in [0.29, 0.717) is 18.2 Å². The number of aryl methyl sites for hydroxylation is 3. The largest absolute Gasteiger partial charge is 0.494 e. The van der Waals surface area contributed by atoms with Crippen LogP contribution in [0.15, 0.2) is 48.5 Å². The zero-order valence-corrected chi connectivity index (χ0v) is 20.4. The first-order valence-electron chi connectivity index (χ1n) is 11.8. The molecule has 0 aliphatic carbocycles. The van der Waals surface area contributed by atoms with Crippen LogP contribution in [0.25, 0.3) is 16.5 Å². The number of aromatic nitrogens is 3. The molecule has 0 saturated carbocycles. The Morgan fingerprint density at radius 1 is 1.00 bits per heavy atom. The molecule has 0 amide bonds. The average molecular weight is 460 g/mol. The fourth-order valence-corrected chi connectivity index (χ4v) is 4.43. The highest BCUT2D eigenvalue weighted by molar-refractivity contribution is 6.03. The van der Waals surface area contributed by atoms with Crippen molar-refractivity contribution in [2.24, 2.45) is 0 Å². The molecule has 0 fully saturated rings. The maximum atomic E-state index is 6.68. The lowest BCUT2D eigenvalue weighted by Crippen LogP contribution is -2.06. The van der Waals surface area contributed by atoms with E-state index in [1.54, 1.807) is 7.11 Å². The summed E-state index contributed by atoms with van der Waals surface area (Å²) in [6.07, 6.45) is 3.20. The molecule has 0 aliphatic rings. The van der Waals surface area contributed by atoms with E-state index in [2.05, 4.69) is 52.8 Å². The van der Waals surface area contributed by atoms with Crippen LogP contribution in [-0.4, -0.2) is 35.0 Å². The van der Waals surface area contributed by atoms with Crippen LogP contribution in [0.1, 0.15) is 36.7 Å². The molecule has 0 aliphatic heterocycles. The lowest BCUT2D eigenvalue weighted by atomic mass is 10.1. The Kier molecular flexibility index (Phi) is 7.21. The monoisotopic (exact) mass is 459 g/mol. The third-order valence-corrected chi connectivity index (χ3v) is 6.07. The topological polar surface area (TPSA) is 87.2 Å². The molecule has 4 rings (SSSR count). The summed E-state index contributed by atoms with van der Waals surface area (Å²) in [5, 5.41) is 14.3. The van der Waals surface area contributed by atoms with E-state index < -0.39 is 0 Å². The first-order chi connectivity index (χ1) is 16.5. The van der Waals surface area contributed by atoms with Crippen molar-refractivity contribution in [2.45, 2.75) is 40.0 Å². The first-order valence-corrected chi connectivity index (χ1v) is 11.8. The van der Waals surface area contributed by atoms with Gasteiger partial charge in [-0.05, 0) is 57.7 Å². The van der Waals surface area contributed by atoms with Crippen LogP contribution < -0.4 is 20.5 Å². The van der Waals surface area contributed by atoms with Crippen LogP contribution in [0.4, 0.5) is 11.6 Å². The minimum Gasteiger partial charge on any atom is -0.494 e. The maximum Gasteiger partial charge on any atom is 0.158 e. The van der Waals surface area contributed by atoms with Crippen LogP contribution >= 0.6 is 0 Å². The van der Waals surface area contributed by atoms with E-state index in [4.69, 9.17) is 15.2 Å². The van der Waals surface area contributed by atoms with Gasteiger partial charge in [-0.1, -0.05) is 30.3 Å². The third kappa shape index (κ3) is 4.64. The summed E-state index contributed by atoms with van der Waals surface area (Å²) in [5.41, 5.74) is 10.7. The number of hydrogen-bond acceptors (Lipinski definition) is 6. The smallest absolute Gasteiger partial charge is 0.158 e. The van der Waals surface area contributed by atoms with Gasteiger partial charge in [0, 0.05) is 18.3 Å². The Hall–Kier alpha value is -3.74. The summed E-state index contributed by atoms with van der Waals surface area (Å²) in [5.74, 6) is 2.83. The summed E-state index contributed by atoms with van der Waals surface area (Å²) in [6.45, 7) is 7.36. The van der Waals surface area contributed by atoms with Crippen LogP contribution in [0.5, 0.6) is 11.5 Å². The normalized spacial score (nSPS) is 11.1. The van der Waals surface area contributed by atoms with E-state index in [1.165, 1.54) is 5.56 Å².